The molecule has 0 aliphatic heterocycles. The Balaban J connectivity index is 2.65. The second kappa shape index (κ2) is 6.91. The molecule has 2 aromatic carbocycles. The van der Waals surface area contributed by atoms with Crippen LogP contribution in [-0.2, 0) is 4.79 Å². The molecular formula is C21H24O2. The first-order chi connectivity index (χ1) is 10.9. The Labute approximate surface area is 138 Å². The molecule has 0 N–H and O–H groups in total. The quantitative estimate of drug-likeness (QED) is 0.445. The monoisotopic (exact) mass is 308 g/mol. The largest absolute Gasteiger partial charge is 0.303 e. The number of benzene rings is 2. The summed E-state index contributed by atoms with van der Waals surface area (Å²) in [5, 5.41) is 0. The van der Waals surface area contributed by atoms with Gasteiger partial charge >= 0.3 is 0 Å². The molecule has 1 atom stereocenters. The summed E-state index contributed by atoms with van der Waals surface area (Å²) in [7, 11) is 0. The van der Waals surface area contributed by atoms with E-state index in [1.807, 2.05) is 36.4 Å². The van der Waals surface area contributed by atoms with E-state index in [2.05, 4.69) is 39.8 Å². The number of carbonyl (C=O) groups excluding carboxylic acids is 2. The van der Waals surface area contributed by atoms with Gasteiger partial charge in [0.25, 0.3) is 0 Å². The third kappa shape index (κ3) is 3.76. The highest BCUT2D eigenvalue weighted by atomic mass is 16.1. The van der Waals surface area contributed by atoms with E-state index in [1.165, 1.54) is 11.1 Å². The van der Waals surface area contributed by atoms with Gasteiger partial charge in [0.1, 0.15) is 6.29 Å². The zero-order valence-electron chi connectivity index (χ0n) is 14.3. The minimum atomic E-state index is -0.113. The summed E-state index contributed by atoms with van der Waals surface area (Å²) in [4.78, 5) is 23.2. The highest BCUT2D eigenvalue weighted by Gasteiger charge is 2.31. The van der Waals surface area contributed by atoms with Crippen LogP contribution in [0.5, 0.6) is 0 Å². The Kier molecular flexibility index (Phi) is 5.15. The number of rotatable bonds is 5. The lowest BCUT2D eigenvalue weighted by atomic mass is 9.70. The summed E-state index contributed by atoms with van der Waals surface area (Å²) in [5.41, 5.74) is 4.05. The Bertz CT molecular complexity index is 708. The van der Waals surface area contributed by atoms with E-state index in [1.54, 1.807) is 0 Å². The van der Waals surface area contributed by atoms with Gasteiger partial charge in [-0.25, -0.2) is 0 Å². The molecule has 2 heteroatoms. The Morgan fingerprint density at radius 1 is 1.00 bits per heavy atom. The lowest BCUT2D eigenvalue weighted by Crippen LogP contribution is -2.23. The Hall–Kier alpha value is -2.22. The predicted molar refractivity (Wildman–Crippen MR) is 93.9 cm³/mol. The summed E-state index contributed by atoms with van der Waals surface area (Å²) >= 11 is 0. The van der Waals surface area contributed by atoms with Gasteiger partial charge in [-0.15, -0.1) is 0 Å². The Morgan fingerprint density at radius 2 is 1.57 bits per heavy atom. The van der Waals surface area contributed by atoms with Gasteiger partial charge in [-0.2, -0.15) is 0 Å². The van der Waals surface area contributed by atoms with E-state index in [9.17, 15) is 9.59 Å². The maximum atomic E-state index is 12.4. The van der Waals surface area contributed by atoms with Crippen LogP contribution in [0.4, 0.5) is 0 Å². The second-order valence-electron chi connectivity index (χ2n) is 7.04. The molecule has 0 heterocycles. The van der Waals surface area contributed by atoms with Crippen molar-refractivity contribution in [1.29, 1.82) is 0 Å². The zero-order chi connectivity index (χ0) is 17.0. The maximum Gasteiger partial charge on any atom is 0.170 e. The van der Waals surface area contributed by atoms with Gasteiger partial charge < -0.3 is 4.79 Å². The number of carbonyl (C=O) groups is 2. The number of hydrogen-bond donors (Lipinski definition) is 0. The van der Waals surface area contributed by atoms with Crippen LogP contribution in [0.1, 0.15) is 60.2 Å². The number of aldehydes is 1. The van der Waals surface area contributed by atoms with E-state index >= 15 is 0 Å². The summed E-state index contributed by atoms with van der Waals surface area (Å²) in [6.07, 6.45) is 0.612. The van der Waals surface area contributed by atoms with Crippen molar-refractivity contribution >= 4 is 12.1 Å². The topological polar surface area (TPSA) is 34.1 Å². The molecule has 2 aromatic rings. The van der Waals surface area contributed by atoms with Crippen molar-refractivity contribution in [1.82, 2.24) is 0 Å². The van der Waals surface area contributed by atoms with Crippen molar-refractivity contribution in [2.75, 3.05) is 0 Å². The number of aryl methyl sites for hydroxylation is 1. The van der Waals surface area contributed by atoms with Crippen LogP contribution in [-0.4, -0.2) is 12.1 Å². The fraction of sp³-hybridized carbons (Fsp3) is 0.333. The number of hydrogen-bond acceptors (Lipinski definition) is 2. The normalized spacial score (nSPS) is 12.7. The standard InChI is InChI=1S/C21H24O2/c1-15-9-5-6-10-16(15)20(21(2,3)4)18-12-8-7-11-17(18)19(23)13-14-22/h5-12,14,20H,13H2,1-4H3. The minimum absolute atomic E-state index is 0.0519. The number of Topliss-reactive ketones (excluding diaryl/α,β-unsaturated/α-hetero) is 1. The van der Waals surface area contributed by atoms with Gasteiger partial charge in [0, 0.05) is 11.5 Å². The molecule has 2 nitrogen and oxygen atoms in total. The van der Waals surface area contributed by atoms with Crippen molar-refractivity contribution in [2.24, 2.45) is 5.41 Å². The molecule has 0 aromatic heterocycles. The van der Waals surface area contributed by atoms with Crippen molar-refractivity contribution in [2.45, 2.75) is 40.0 Å². The van der Waals surface area contributed by atoms with Crippen LogP contribution in [0.3, 0.4) is 0 Å². The third-order valence-corrected chi connectivity index (χ3v) is 4.21. The molecule has 0 bridgehead atoms. The fourth-order valence-electron chi connectivity index (χ4n) is 3.20. The molecule has 0 aliphatic rings. The van der Waals surface area contributed by atoms with E-state index in [0.717, 1.165) is 5.56 Å². The van der Waals surface area contributed by atoms with Gasteiger partial charge in [0.2, 0.25) is 0 Å². The third-order valence-electron chi connectivity index (χ3n) is 4.21. The first kappa shape index (κ1) is 17.1. The fourth-order valence-corrected chi connectivity index (χ4v) is 3.20. The molecule has 0 spiro atoms. The molecule has 0 amide bonds. The van der Waals surface area contributed by atoms with Crippen molar-refractivity contribution in [3.8, 4) is 0 Å². The highest BCUT2D eigenvalue weighted by molar-refractivity contribution is 6.04. The van der Waals surface area contributed by atoms with Crippen LogP contribution in [0.15, 0.2) is 48.5 Å². The van der Waals surface area contributed by atoms with Crippen molar-refractivity contribution in [3.63, 3.8) is 0 Å². The molecule has 0 saturated heterocycles. The predicted octanol–water partition coefficient (Wildman–Crippen LogP) is 4.94. The molecule has 120 valence electrons. The van der Waals surface area contributed by atoms with E-state index in [0.29, 0.717) is 11.8 Å². The van der Waals surface area contributed by atoms with E-state index < -0.39 is 0 Å². The first-order valence-corrected chi connectivity index (χ1v) is 7.97. The van der Waals surface area contributed by atoms with Crippen LogP contribution in [0, 0.1) is 12.3 Å². The Morgan fingerprint density at radius 3 is 2.13 bits per heavy atom. The lowest BCUT2D eigenvalue weighted by molar-refractivity contribution is -0.107. The summed E-state index contributed by atoms with van der Waals surface area (Å²) in [6.45, 7) is 8.66. The molecule has 2 rings (SSSR count). The minimum Gasteiger partial charge on any atom is -0.303 e. The summed E-state index contributed by atoms with van der Waals surface area (Å²) < 4.78 is 0. The van der Waals surface area contributed by atoms with E-state index in [4.69, 9.17) is 0 Å². The van der Waals surface area contributed by atoms with Crippen LogP contribution in [0.2, 0.25) is 0 Å². The smallest absolute Gasteiger partial charge is 0.170 e. The second-order valence-corrected chi connectivity index (χ2v) is 7.04. The summed E-state index contributed by atoms with van der Waals surface area (Å²) in [6, 6.07) is 16.0. The summed E-state index contributed by atoms with van der Waals surface area (Å²) in [5.74, 6) is -0.0195. The first-order valence-electron chi connectivity index (χ1n) is 7.97. The van der Waals surface area contributed by atoms with Gasteiger partial charge in [-0.1, -0.05) is 69.3 Å². The van der Waals surface area contributed by atoms with Crippen molar-refractivity contribution < 1.29 is 9.59 Å². The van der Waals surface area contributed by atoms with Crippen LogP contribution < -0.4 is 0 Å². The average Bonchev–Trinajstić information content (AvgIpc) is 2.49. The number of ketones is 1. The van der Waals surface area contributed by atoms with Gasteiger partial charge in [-0.05, 0) is 29.0 Å². The van der Waals surface area contributed by atoms with Crippen LogP contribution >= 0.6 is 0 Å². The zero-order valence-corrected chi connectivity index (χ0v) is 14.3. The lowest BCUT2D eigenvalue weighted by Gasteiger charge is -2.34. The molecular weight excluding hydrogens is 284 g/mol. The van der Waals surface area contributed by atoms with Gasteiger partial charge in [-0.3, -0.25) is 4.79 Å². The molecule has 1 unspecified atom stereocenters. The highest BCUT2D eigenvalue weighted by Crippen LogP contribution is 2.43. The van der Waals surface area contributed by atoms with Gasteiger partial charge in [0.05, 0.1) is 6.42 Å². The van der Waals surface area contributed by atoms with Crippen molar-refractivity contribution in [3.05, 3.63) is 70.8 Å². The molecule has 0 radical (unpaired) electrons. The molecule has 0 fully saturated rings. The van der Waals surface area contributed by atoms with E-state index in [-0.39, 0.29) is 23.5 Å². The molecule has 23 heavy (non-hydrogen) atoms. The SMILES string of the molecule is Cc1ccccc1C(c1ccccc1C(=O)CC=O)C(C)(C)C. The van der Waals surface area contributed by atoms with Crippen LogP contribution in [0.25, 0.3) is 0 Å². The molecule has 0 aliphatic carbocycles. The van der Waals surface area contributed by atoms with Gasteiger partial charge in [0.15, 0.2) is 5.78 Å². The average molecular weight is 308 g/mol. The molecule has 0 saturated carbocycles. The maximum absolute atomic E-state index is 12.4.